The zero-order valence-electron chi connectivity index (χ0n) is 12.6. The Labute approximate surface area is 141 Å². The molecule has 1 fully saturated rings. The fourth-order valence-corrected chi connectivity index (χ4v) is 2.85. The highest BCUT2D eigenvalue weighted by Crippen LogP contribution is 2.23. The van der Waals surface area contributed by atoms with Crippen LogP contribution in [0.2, 0.25) is 10.0 Å². The number of amides is 2. The number of carbonyl (C=O) groups is 2. The van der Waals surface area contributed by atoms with Gasteiger partial charge in [-0.15, -0.1) is 0 Å². The molecule has 0 radical (unpaired) electrons. The van der Waals surface area contributed by atoms with Crippen LogP contribution in [0.5, 0.6) is 0 Å². The molecule has 2 rings (SSSR count). The van der Waals surface area contributed by atoms with E-state index >= 15 is 0 Å². The van der Waals surface area contributed by atoms with Crippen molar-refractivity contribution in [3.63, 3.8) is 0 Å². The second-order valence-electron chi connectivity index (χ2n) is 5.41. The highest BCUT2D eigenvalue weighted by Gasteiger charge is 2.22. The fourth-order valence-electron chi connectivity index (χ4n) is 2.55. The average molecular weight is 343 g/mol. The van der Waals surface area contributed by atoms with Gasteiger partial charge in [0, 0.05) is 38.2 Å². The van der Waals surface area contributed by atoms with E-state index in [0.717, 1.165) is 12.8 Å². The van der Waals surface area contributed by atoms with Crippen molar-refractivity contribution in [2.45, 2.75) is 26.2 Å². The van der Waals surface area contributed by atoms with E-state index in [9.17, 15) is 9.59 Å². The molecule has 1 aromatic carbocycles. The number of hydrogen-bond acceptors (Lipinski definition) is 2. The molecule has 4 nitrogen and oxygen atoms in total. The summed E-state index contributed by atoms with van der Waals surface area (Å²) in [5.41, 5.74) is 0.530. The third kappa shape index (κ3) is 4.14. The lowest BCUT2D eigenvalue weighted by Gasteiger charge is -2.22. The Balaban J connectivity index is 2.02. The molecule has 6 heteroatoms. The van der Waals surface area contributed by atoms with Gasteiger partial charge >= 0.3 is 0 Å². The molecule has 0 bridgehead atoms. The number of rotatable bonds is 3. The van der Waals surface area contributed by atoms with Gasteiger partial charge < -0.3 is 9.80 Å². The molecule has 1 saturated heterocycles. The molecule has 0 N–H and O–H groups in total. The third-order valence-electron chi connectivity index (χ3n) is 3.77. The van der Waals surface area contributed by atoms with Crippen molar-refractivity contribution in [1.29, 1.82) is 0 Å². The van der Waals surface area contributed by atoms with E-state index in [1.165, 1.54) is 0 Å². The Hall–Kier alpha value is -1.26. The number of hydrogen-bond donors (Lipinski definition) is 0. The maximum atomic E-state index is 12.5. The van der Waals surface area contributed by atoms with Gasteiger partial charge in [-0.3, -0.25) is 9.59 Å². The molecule has 120 valence electrons. The molecular formula is C16H20Cl2N2O2. The Bertz CT molecular complexity index is 563. The number of benzene rings is 1. The van der Waals surface area contributed by atoms with Crippen LogP contribution in [0.3, 0.4) is 0 Å². The van der Waals surface area contributed by atoms with Crippen LogP contribution in [0.4, 0.5) is 0 Å². The summed E-state index contributed by atoms with van der Waals surface area (Å²) >= 11 is 11.9. The van der Waals surface area contributed by atoms with E-state index < -0.39 is 0 Å². The lowest BCUT2D eigenvalue weighted by molar-refractivity contribution is -0.131. The van der Waals surface area contributed by atoms with Crippen molar-refractivity contribution in [3.8, 4) is 0 Å². The van der Waals surface area contributed by atoms with E-state index in [4.69, 9.17) is 23.2 Å². The molecule has 1 aromatic rings. The van der Waals surface area contributed by atoms with Crippen LogP contribution in [-0.4, -0.2) is 47.8 Å². The predicted molar refractivity (Wildman–Crippen MR) is 88.5 cm³/mol. The lowest BCUT2D eigenvalue weighted by Crippen LogP contribution is -2.37. The first-order valence-corrected chi connectivity index (χ1v) is 8.30. The maximum absolute atomic E-state index is 12.5. The second-order valence-corrected chi connectivity index (χ2v) is 6.22. The average Bonchev–Trinajstić information content (AvgIpc) is 2.75. The van der Waals surface area contributed by atoms with Gasteiger partial charge in [0.2, 0.25) is 5.91 Å². The molecule has 0 spiro atoms. The topological polar surface area (TPSA) is 40.6 Å². The Morgan fingerprint density at radius 3 is 2.41 bits per heavy atom. The van der Waals surface area contributed by atoms with E-state index in [0.29, 0.717) is 48.2 Å². The summed E-state index contributed by atoms with van der Waals surface area (Å²) in [4.78, 5) is 28.1. The van der Waals surface area contributed by atoms with Crippen LogP contribution in [-0.2, 0) is 4.79 Å². The molecule has 0 aromatic heterocycles. The maximum Gasteiger partial charge on any atom is 0.253 e. The Morgan fingerprint density at radius 2 is 1.73 bits per heavy atom. The summed E-state index contributed by atoms with van der Waals surface area (Å²) in [5.74, 6) is 0.106. The number of halogens is 2. The SMILES string of the molecule is CCCC(=O)N1CCCN(C(=O)c2ccc(Cl)c(Cl)c2)CC1. The smallest absolute Gasteiger partial charge is 0.253 e. The van der Waals surface area contributed by atoms with E-state index in [1.54, 1.807) is 23.1 Å². The van der Waals surface area contributed by atoms with Crippen LogP contribution in [0.15, 0.2) is 18.2 Å². The van der Waals surface area contributed by atoms with Crippen LogP contribution >= 0.6 is 23.2 Å². The van der Waals surface area contributed by atoms with Gasteiger partial charge in [-0.05, 0) is 31.0 Å². The van der Waals surface area contributed by atoms with Crippen molar-refractivity contribution < 1.29 is 9.59 Å². The van der Waals surface area contributed by atoms with Crippen LogP contribution < -0.4 is 0 Å². The zero-order chi connectivity index (χ0) is 16.1. The first-order valence-electron chi connectivity index (χ1n) is 7.55. The standard InChI is InChI=1S/C16H20Cl2N2O2/c1-2-4-15(21)19-7-3-8-20(10-9-19)16(22)12-5-6-13(17)14(18)11-12/h5-6,11H,2-4,7-10H2,1H3. The minimum atomic E-state index is -0.0663. The molecule has 0 atom stereocenters. The zero-order valence-corrected chi connectivity index (χ0v) is 14.2. The summed E-state index contributed by atoms with van der Waals surface area (Å²) in [7, 11) is 0. The predicted octanol–water partition coefficient (Wildman–Crippen LogP) is 3.47. The summed E-state index contributed by atoms with van der Waals surface area (Å²) in [6.07, 6.45) is 2.21. The Kier molecular flexibility index (Phi) is 6.09. The molecule has 1 heterocycles. The van der Waals surface area contributed by atoms with Crippen LogP contribution in [0, 0.1) is 0 Å². The van der Waals surface area contributed by atoms with Crippen molar-refractivity contribution >= 4 is 35.0 Å². The number of carbonyl (C=O) groups excluding carboxylic acids is 2. The quantitative estimate of drug-likeness (QED) is 0.843. The minimum absolute atomic E-state index is 0.0663. The normalized spacial score (nSPS) is 15.6. The first kappa shape index (κ1) is 17.1. The second kappa shape index (κ2) is 7.84. The van der Waals surface area contributed by atoms with Crippen LogP contribution in [0.1, 0.15) is 36.5 Å². The summed E-state index contributed by atoms with van der Waals surface area (Å²) in [6, 6.07) is 4.91. The van der Waals surface area contributed by atoms with Gasteiger partial charge in [0.25, 0.3) is 5.91 Å². The van der Waals surface area contributed by atoms with Crippen molar-refractivity contribution in [1.82, 2.24) is 9.80 Å². The van der Waals surface area contributed by atoms with Gasteiger partial charge in [-0.2, -0.15) is 0 Å². The van der Waals surface area contributed by atoms with Crippen molar-refractivity contribution in [3.05, 3.63) is 33.8 Å². The van der Waals surface area contributed by atoms with Gasteiger partial charge in [0.05, 0.1) is 10.0 Å². The molecule has 1 aliphatic heterocycles. The van der Waals surface area contributed by atoms with Gasteiger partial charge in [0.1, 0.15) is 0 Å². The minimum Gasteiger partial charge on any atom is -0.341 e. The highest BCUT2D eigenvalue weighted by atomic mass is 35.5. The van der Waals surface area contributed by atoms with E-state index in [-0.39, 0.29) is 11.8 Å². The molecule has 1 aliphatic rings. The molecule has 0 saturated carbocycles. The fraction of sp³-hybridized carbons (Fsp3) is 0.500. The van der Waals surface area contributed by atoms with Crippen molar-refractivity contribution in [2.75, 3.05) is 26.2 Å². The van der Waals surface area contributed by atoms with Gasteiger partial charge in [-0.25, -0.2) is 0 Å². The summed E-state index contributed by atoms with van der Waals surface area (Å²) < 4.78 is 0. The summed E-state index contributed by atoms with van der Waals surface area (Å²) in [5, 5.41) is 0.813. The Morgan fingerprint density at radius 1 is 1.05 bits per heavy atom. The monoisotopic (exact) mass is 342 g/mol. The van der Waals surface area contributed by atoms with Gasteiger partial charge in [0.15, 0.2) is 0 Å². The lowest BCUT2D eigenvalue weighted by atomic mass is 10.2. The molecule has 0 aliphatic carbocycles. The van der Waals surface area contributed by atoms with Crippen molar-refractivity contribution in [2.24, 2.45) is 0 Å². The summed E-state index contributed by atoms with van der Waals surface area (Å²) in [6.45, 7) is 4.50. The number of nitrogens with zero attached hydrogens (tertiary/aromatic N) is 2. The molecule has 22 heavy (non-hydrogen) atoms. The first-order chi connectivity index (χ1) is 10.5. The molecule has 0 unspecified atom stereocenters. The molecule has 2 amide bonds. The van der Waals surface area contributed by atoms with Crippen LogP contribution in [0.25, 0.3) is 0 Å². The molecular weight excluding hydrogens is 323 g/mol. The van der Waals surface area contributed by atoms with Gasteiger partial charge in [-0.1, -0.05) is 30.1 Å². The van der Waals surface area contributed by atoms with E-state index in [2.05, 4.69) is 0 Å². The highest BCUT2D eigenvalue weighted by molar-refractivity contribution is 6.42. The third-order valence-corrected chi connectivity index (χ3v) is 4.51. The van der Waals surface area contributed by atoms with E-state index in [1.807, 2.05) is 11.8 Å². The largest absolute Gasteiger partial charge is 0.341 e.